The summed E-state index contributed by atoms with van der Waals surface area (Å²) in [6, 6.07) is 11.3. The molecule has 1 heterocycles. The van der Waals surface area contributed by atoms with Crippen molar-refractivity contribution in [2.45, 2.75) is 141 Å². The number of hydrogen-bond acceptors (Lipinski definition) is 16. The van der Waals surface area contributed by atoms with Crippen LogP contribution in [0.1, 0.15) is 112 Å². The Morgan fingerprint density at radius 3 is 1.81 bits per heavy atom. The lowest BCUT2D eigenvalue weighted by Crippen LogP contribution is -2.61. The second kappa shape index (κ2) is 33.5. The van der Waals surface area contributed by atoms with Crippen LogP contribution in [0.2, 0.25) is 0 Å². The number of imide groups is 1. The van der Waals surface area contributed by atoms with Gasteiger partial charge in [-0.2, -0.15) is 0 Å². The van der Waals surface area contributed by atoms with Crippen molar-refractivity contribution < 1.29 is 65.6 Å². The van der Waals surface area contributed by atoms with Gasteiger partial charge in [-0.3, -0.25) is 33.7 Å². The Hall–Kier alpha value is -4.74. The topological polar surface area (TPSA) is 235 Å². The smallest absolute Gasteiger partial charge is 0.264 e. The molecule has 2 aromatic carbocycles. The van der Waals surface area contributed by atoms with Crippen LogP contribution in [-0.2, 0) is 67.9 Å². The van der Waals surface area contributed by atoms with Gasteiger partial charge in [0.15, 0.2) is 0 Å². The highest BCUT2D eigenvalue weighted by Gasteiger charge is 2.43. The molecule has 454 valence electrons. The molecule has 0 aromatic heterocycles. The molecule has 4 atom stereocenters. The van der Waals surface area contributed by atoms with Gasteiger partial charge in [0.05, 0.1) is 88.3 Å². The molecule has 81 heavy (non-hydrogen) atoms. The van der Waals surface area contributed by atoms with E-state index in [9.17, 15) is 37.2 Å². The summed E-state index contributed by atoms with van der Waals surface area (Å²) in [5, 5.41) is 5.85. The van der Waals surface area contributed by atoms with E-state index in [0.29, 0.717) is 103 Å². The van der Waals surface area contributed by atoms with Crippen molar-refractivity contribution in [1.29, 1.82) is 0 Å². The van der Waals surface area contributed by atoms with E-state index in [-0.39, 0.29) is 63.5 Å². The van der Waals surface area contributed by atoms with Gasteiger partial charge >= 0.3 is 0 Å². The third kappa shape index (κ3) is 21.8. The number of rotatable bonds is 36. The highest BCUT2D eigenvalue weighted by atomic mass is 32.2. The number of carbonyl (C=O) groups excluding carboxylic acids is 6. The molecule has 19 nitrogen and oxygen atoms in total. The first-order valence-electron chi connectivity index (χ1n) is 28.5. The lowest BCUT2D eigenvalue weighted by Gasteiger charge is -2.40. The number of nitrogens with zero attached hydrogens (tertiary/aromatic N) is 2. The van der Waals surface area contributed by atoms with Gasteiger partial charge in [-0.15, -0.1) is 11.8 Å². The van der Waals surface area contributed by atoms with Crippen molar-refractivity contribution in [3.63, 3.8) is 0 Å². The van der Waals surface area contributed by atoms with Crippen LogP contribution in [0.25, 0.3) is 0 Å². The van der Waals surface area contributed by atoms with Crippen LogP contribution >= 0.6 is 11.8 Å². The molecule has 0 spiro atoms. The molecule has 1 saturated carbocycles. The van der Waals surface area contributed by atoms with Gasteiger partial charge in [0.25, 0.3) is 15.9 Å². The summed E-state index contributed by atoms with van der Waals surface area (Å²) in [5.41, 5.74) is 0.395. The van der Waals surface area contributed by atoms with E-state index in [2.05, 4.69) is 15.4 Å². The number of benzene rings is 2. The first-order valence-corrected chi connectivity index (χ1v) is 31.0. The second-order valence-corrected chi connectivity index (χ2v) is 25.9. The zero-order valence-electron chi connectivity index (χ0n) is 50.1. The highest BCUT2D eigenvalue weighted by Crippen LogP contribution is 2.34. The van der Waals surface area contributed by atoms with E-state index in [4.69, 9.17) is 28.4 Å². The van der Waals surface area contributed by atoms with Gasteiger partial charge in [0, 0.05) is 49.1 Å². The van der Waals surface area contributed by atoms with Crippen LogP contribution in [0.3, 0.4) is 0 Å². The molecule has 3 N–H and O–H groups in total. The number of thioether (sulfide) groups is 1. The van der Waals surface area contributed by atoms with Gasteiger partial charge in [0.2, 0.25) is 23.6 Å². The number of likely N-dealkylation sites (N-methyl/N-ethyl adjacent to an activating group) is 2. The molecule has 0 radical (unpaired) electrons. The maximum atomic E-state index is 14.4. The van der Waals surface area contributed by atoms with Gasteiger partial charge < -0.3 is 44.0 Å². The van der Waals surface area contributed by atoms with E-state index in [1.54, 1.807) is 32.3 Å². The Morgan fingerprint density at radius 2 is 1.31 bits per heavy atom. The van der Waals surface area contributed by atoms with E-state index >= 15 is 0 Å². The Kier molecular flexibility index (Phi) is 28.5. The third-order valence-electron chi connectivity index (χ3n) is 14.9. The molecule has 1 aliphatic carbocycles. The van der Waals surface area contributed by atoms with E-state index in [1.165, 1.54) is 40.6 Å². The van der Waals surface area contributed by atoms with Crippen molar-refractivity contribution in [2.24, 2.45) is 23.2 Å². The average Bonchev–Trinajstić information content (AvgIpc) is 3.68. The number of nitrogens with one attached hydrogen (secondary N) is 3. The number of carbonyl (C=O) groups is 6. The molecule has 1 aliphatic heterocycles. The van der Waals surface area contributed by atoms with Crippen LogP contribution in [0.5, 0.6) is 5.75 Å². The Bertz CT molecular complexity index is 2470. The second-order valence-electron chi connectivity index (χ2n) is 22.9. The average molecular weight is 1170 g/mol. The molecular weight excluding hydrogens is 1080 g/mol. The fourth-order valence-corrected chi connectivity index (χ4v) is 11.9. The zero-order valence-corrected chi connectivity index (χ0v) is 51.7. The molecule has 2 aliphatic rings. The molecular formula is C60H93N5O14S2. The highest BCUT2D eigenvalue weighted by molar-refractivity contribution is 8.00. The Balaban J connectivity index is 1.07. The number of sulfonamides is 1. The van der Waals surface area contributed by atoms with Gasteiger partial charge in [0.1, 0.15) is 24.2 Å². The SMILES string of the molecule is CCC(=O)C1CCC(CN2C(=O)CC(SCCOCCOCCOCCOCCOCCOc3ccc(C(C)(C)[C@H](NC)C(=O)N[C@H](C(=O)N(C)[C@H](/C=C(\C)C(=O)NS(=O)(=O)c4ccc(C)cc4)C(C)C)C(C)(C)C)cc3)C2=O)CC1. The van der Waals surface area contributed by atoms with E-state index in [0.717, 1.165) is 36.8 Å². The predicted octanol–water partition coefficient (Wildman–Crippen LogP) is 6.43. The first kappa shape index (κ1) is 68.8. The molecule has 2 fully saturated rings. The van der Waals surface area contributed by atoms with E-state index < -0.39 is 44.9 Å². The van der Waals surface area contributed by atoms with Crippen molar-refractivity contribution in [2.75, 3.05) is 99.1 Å². The molecule has 2 aromatic rings. The van der Waals surface area contributed by atoms with Gasteiger partial charge in [-0.1, -0.05) is 91.3 Å². The summed E-state index contributed by atoms with van der Waals surface area (Å²) >= 11 is 1.46. The van der Waals surface area contributed by atoms with Crippen LogP contribution in [0.15, 0.2) is 65.1 Å². The summed E-state index contributed by atoms with van der Waals surface area (Å²) in [6.07, 6.45) is 5.84. The number of likely N-dealkylation sites (tertiary alicyclic amines) is 1. The quantitative estimate of drug-likeness (QED) is 0.0379. The molecule has 1 unspecified atom stereocenters. The van der Waals surface area contributed by atoms with E-state index in [1.807, 2.05) is 86.6 Å². The maximum Gasteiger partial charge on any atom is 0.264 e. The fraction of sp³-hybridized carbons (Fsp3) is 0.667. The largest absolute Gasteiger partial charge is 0.491 e. The monoisotopic (exact) mass is 1170 g/mol. The molecule has 0 bridgehead atoms. The van der Waals surface area contributed by atoms with Gasteiger partial charge in [-0.25, -0.2) is 13.1 Å². The fourth-order valence-electron chi connectivity index (χ4n) is 9.89. The van der Waals surface area contributed by atoms with Crippen LogP contribution in [0.4, 0.5) is 0 Å². The minimum absolute atomic E-state index is 0.0395. The number of ether oxygens (including phenoxy) is 6. The number of hydrogen-bond donors (Lipinski definition) is 3. The summed E-state index contributed by atoms with van der Waals surface area (Å²) in [5.74, 6) is 0.0377. The van der Waals surface area contributed by atoms with Crippen LogP contribution in [-0.4, -0.2) is 176 Å². The van der Waals surface area contributed by atoms with Crippen molar-refractivity contribution in [3.8, 4) is 5.75 Å². The summed E-state index contributed by atoms with van der Waals surface area (Å²) in [7, 11) is -0.816. The zero-order chi connectivity index (χ0) is 59.9. The normalized spacial score (nSPS) is 18.4. The van der Waals surface area contributed by atoms with Crippen molar-refractivity contribution >= 4 is 57.1 Å². The molecule has 4 rings (SSSR count). The Labute approximate surface area is 486 Å². The van der Waals surface area contributed by atoms with Gasteiger partial charge in [-0.05, 0) is 93.7 Å². The number of aryl methyl sites for hydroxylation is 1. The summed E-state index contributed by atoms with van der Waals surface area (Å²) in [4.78, 5) is 82.3. The van der Waals surface area contributed by atoms with Crippen molar-refractivity contribution in [3.05, 3.63) is 71.3 Å². The molecule has 1 saturated heterocycles. The lowest BCUT2D eigenvalue weighted by molar-refractivity contribution is -0.141. The minimum Gasteiger partial charge on any atom is -0.491 e. The minimum atomic E-state index is -4.13. The number of Topliss-reactive ketones (excluding diaryl/α,β-unsaturated/α-hetero) is 1. The van der Waals surface area contributed by atoms with Crippen LogP contribution in [0, 0.1) is 30.1 Å². The summed E-state index contributed by atoms with van der Waals surface area (Å²) < 4.78 is 62.1. The van der Waals surface area contributed by atoms with Crippen LogP contribution < -0.4 is 20.1 Å². The Morgan fingerprint density at radius 1 is 0.778 bits per heavy atom. The number of amides is 5. The molecule has 21 heteroatoms. The third-order valence-corrected chi connectivity index (χ3v) is 17.4. The standard InChI is InChI=1S/C60H93N5O14S2/c1-13-50(66)45-18-16-44(17-19-45)40-65-52(67)39-51(57(65)70)80-37-36-78-33-32-76-29-28-74-26-27-75-30-31-77-34-35-79-47-22-20-46(21-23-47)60(9,10)53(61-11)56(69)62-54(59(6,7)8)58(71)64(12)49(41(2)3)38-43(5)55(68)63-81(72,73)48-24-14-42(4)15-25-48/h14-15,20-25,38,41,44-45,49,51,53-54,61H,13,16-19,26-37,39-40H2,1-12H3,(H,62,69)(H,63,68)/b43-38+/t44?,45?,49-,51?,53-,54-/m1/s1. The van der Waals surface area contributed by atoms with Crippen molar-refractivity contribution in [1.82, 2.24) is 25.2 Å². The first-order chi connectivity index (χ1) is 38.3. The number of ketones is 1. The predicted molar refractivity (Wildman–Crippen MR) is 313 cm³/mol. The summed E-state index contributed by atoms with van der Waals surface area (Å²) in [6.45, 7) is 23.4. The molecule has 5 amide bonds. The lowest BCUT2D eigenvalue weighted by atomic mass is 9.76. The maximum absolute atomic E-state index is 14.4.